The smallest absolute Gasteiger partial charge is 0.410 e. The minimum atomic E-state index is -0.563. The van der Waals surface area contributed by atoms with Crippen molar-refractivity contribution in [1.29, 1.82) is 0 Å². The quantitative estimate of drug-likeness (QED) is 0.552. The molecule has 1 unspecified atom stereocenters. The van der Waals surface area contributed by atoms with E-state index in [1.165, 1.54) is 23.1 Å². The Morgan fingerprint density at radius 1 is 1.39 bits per heavy atom. The first-order valence-electron chi connectivity index (χ1n) is 9.15. The van der Waals surface area contributed by atoms with Gasteiger partial charge in [0, 0.05) is 38.8 Å². The summed E-state index contributed by atoms with van der Waals surface area (Å²) in [5, 5.41) is 10.9. The van der Waals surface area contributed by atoms with E-state index >= 15 is 0 Å². The molecule has 9 heteroatoms. The number of hydrogen-bond acceptors (Lipinski definition) is 5. The fourth-order valence-electron chi connectivity index (χ4n) is 3.16. The molecule has 1 heterocycles. The van der Waals surface area contributed by atoms with Gasteiger partial charge in [-0.25, -0.2) is 4.79 Å². The van der Waals surface area contributed by atoms with Gasteiger partial charge in [-0.1, -0.05) is 11.6 Å². The number of nitro benzene ring substituents is 1. The van der Waals surface area contributed by atoms with Crippen LogP contribution in [-0.2, 0) is 4.74 Å². The lowest BCUT2D eigenvalue weighted by molar-refractivity contribution is -0.384. The van der Waals surface area contributed by atoms with Crippen LogP contribution in [0, 0.1) is 16.0 Å². The van der Waals surface area contributed by atoms with Gasteiger partial charge in [-0.3, -0.25) is 14.9 Å². The summed E-state index contributed by atoms with van der Waals surface area (Å²) in [7, 11) is 1.68. The number of nitrogens with zero attached hydrogens (tertiary/aromatic N) is 3. The number of amides is 2. The molecule has 0 N–H and O–H groups in total. The van der Waals surface area contributed by atoms with Crippen molar-refractivity contribution < 1.29 is 19.2 Å². The van der Waals surface area contributed by atoms with E-state index in [4.69, 9.17) is 16.3 Å². The van der Waals surface area contributed by atoms with Gasteiger partial charge in [0.05, 0.1) is 15.5 Å². The fraction of sp³-hybridized carbons (Fsp3) is 0.579. The van der Waals surface area contributed by atoms with E-state index in [9.17, 15) is 19.7 Å². The highest BCUT2D eigenvalue weighted by atomic mass is 35.5. The summed E-state index contributed by atoms with van der Waals surface area (Å²) < 4.78 is 5.36. The maximum Gasteiger partial charge on any atom is 0.410 e. The third-order valence-corrected chi connectivity index (χ3v) is 4.75. The minimum Gasteiger partial charge on any atom is -0.444 e. The van der Waals surface area contributed by atoms with Crippen LogP contribution in [0.2, 0.25) is 5.02 Å². The SMILES string of the molecule is CN(CC1CCCN(C(=O)c2ccc([N+](=O)[O-])cc2Cl)C1)C(=O)OC(C)(C)C. The second-order valence-corrected chi connectivity index (χ2v) is 8.45. The number of halogens is 1. The first kappa shape index (κ1) is 21.9. The molecule has 1 aliphatic heterocycles. The Bertz CT molecular complexity index is 762. The Morgan fingerprint density at radius 3 is 2.64 bits per heavy atom. The number of nitro groups is 1. The Morgan fingerprint density at radius 2 is 2.07 bits per heavy atom. The second kappa shape index (κ2) is 8.77. The summed E-state index contributed by atoms with van der Waals surface area (Å²) in [5.74, 6) is -0.142. The number of carbonyl (C=O) groups is 2. The monoisotopic (exact) mass is 411 g/mol. The first-order chi connectivity index (χ1) is 13.0. The van der Waals surface area contributed by atoms with Crippen molar-refractivity contribution in [2.75, 3.05) is 26.7 Å². The highest BCUT2D eigenvalue weighted by molar-refractivity contribution is 6.34. The Hall–Kier alpha value is -2.35. The van der Waals surface area contributed by atoms with Gasteiger partial charge in [0.1, 0.15) is 5.60 Å². The molecule has 1 aliphatic rings. The summed E-state index contributed by atoms with van der Waals surface area (Å²) in [6.45, 7) is 6.99. The lowest BCUT2D eigenvalue weighted by Crippen LogP contribution is -2.45. The minimum absolute atomic E-state index is 0.0622. The molecule has 0 aliphatic carbocycles. The zero-order valence-electron chi connectivity index (χ0n) is 16.6. The van der Waals surface area contributed by atoms with Gasteiger partial charge >= 0.3 is 6.09 Å². The molecule has 0 radical (unpaired) electrons. The van der Waals surface area contributed by atoms with Gasteiger partial charge in [-0.2, -0.15) is 0 Å². The van der Waals surface area contributed by atoms with Crippen LogP contribution < -0.4 is 0 Å². The Kier molecular flexibility index (Phi) is 6.87. The lowest BCUT2D eigenvalue weighted by atomic mass is 9.97. The molecule has 1 aromatic carbocycles. The van der Waals surface area contributed by atoms with Crippen LogP contribution in [-0.4, -0.2) is 59.0 Å². The molecule has 1 fully saturated rings. The van der Waals surface area contributed by atoms with Crippen LogP contribution in [0.25, 0.3) is 0 Å². The maximum atomic E-state index is 12.8. The largest absolute Gasteiger partial charge is 0.444 e. The first-order valence-corrected chi connectivity index (χ1v) is 9.53. The van der Waals surface area contributed by atoms with Gasteiger partial charge in [0.2, 0.25) is 0 Å². The van der Waals surface area contributed by atoms with Crippen molar-refractivity contribution in [2.45, 2.75) is 39.2 Å². The van der Waals surface area contributed by atoms with Crippen LogP contribution in [0.3, 0.4) is 0 Å². The topological polar surface area (TPSA) is 93.0 Å². The number of benzene rings is 1. The fourth-order valence-corrected chi connectivity index (χ4v) is 3.42. The third-order valence-electron chi connectivity index (χ3n) is 4.44. The van der Waals surface area contributed by atoms with Crippen LogP contribution in [0.1, 0.15) is 44.0 Å². The molecular weight excluding hydrogens is 386 g/mol. The van der Waals surface area contributed by atoms with E-state index in [1.807, 2.05) is 20.8 Å². The number of rotatable bonds is 4. The van der Waals surface area contributed by atoms with Crippen LogP contribution in [0.5, 0.6) is 0 Å². The predicted molar refractivity (Wildman–Crippen MR) is 106 cm³/mol. The number of piperidine rings is 1. The van der Waals surface area contributed by atoms with Gasteiger partial charge in [-0.05, 0) is 45.6 Å². The van der Waals surface area contributed by atoms with Gasteiger partial charge in [0.25, 0.3) is 11.6 Å². The molecule has 2 amide bonds. The Balaban J connectivity index is 2.02. The average Bonchev–Trinajstić information content (AvgIpc) is 2.59. The van der Waals surface area contributed by atoms with Gasteiger partial charge in [0.15, 0.2) is 0 Å². The second-order valence-electron chi connectivity index (χ2n) is 8.04. The van der Waals surface area contributed by atoms with E-state index in [2.05, 4.69) is 0 Å². The van der Waals surface area contributed by atoms with Crippen molar-refractivity contribution in [3.8, 4) is 0 Å². The van der Waals surface area contributed by atoms with E-state index in [-0.39, 0.29) is 28.1 Å². The highest BCUT2D eigenvalue weighted by Crippen LogP contribution is 2.26. The van der Waals surface area contributed by atoms with Crippen molar-refractivity contribution in [3.63, 3.8) is 0 Å². The number of likely N-dealkylation sites (tertiary alicyclic amines) is 1. The molecule has 1 atom stereocenters. The van der Waals surface area contributed by atoms with Crippen molar-refractivity contribution in [2.24, 2.45) is 5.92 Å². The van der Waals surface area contributed by atoms with Gasteiger partial charge < -0.3 is 14.5 Å². The van der Waals surface area contributed by atoms with E-state index in [0.29, 0.717) is 19.6 Å². The normalized spacial score (nSPS) is 17.2. The van der Waals surface area contributed by atoms with Gasteiger partial charge in [-0.15, -0.1) is 0 Å². The van der Waals surface area contributed by atoms with Crippen LogP contribution >= 0.6 is 11.6 Å². The molecule has 0 bridgehead atoms. The van der Waals surface area contributed by atoms with E-state index < -0.39 is 16.6 Å². The lowest BCUT2D eigenvalue weighted by Gasteiger charge is -2.35. The summed E-state index contributed by atoms with van der Waals surface area (Å²) in [4.78, 5) is 38.5. The standard InChI is InChI=1S/C19H26ClN3O5/c1-19(2,3)28-18(25)21(4)11-13-6-5-9-22(12-13)17(24)15-8-7-14(23(26)27)10-16(15)20/h7-8,10,13H,5-6,9,11-12H2,1-4H3. The van der Waals surface area contributed by atoms with Crippen LogP contribution in [0.15, 0.2) is 18.2 Å². The molecule has 2 rings (SSSR count). The molecule has 1 aromatic rings. The molecule has 8 nitrogen and oxygen atoms in total. The number of carbonyl (C=O) groups excluding carboxylic acids is 2. The molecule has 0 aromatic heterocycles. The zero-order chi connectivity index (χ0) is 21.1. The maximum absolute atomic E-state index is 12.8. The number of non-ortho nitro benzene ring substituents is 1. The van der Waals surface area contributed by atoms with Crippen molar-refractivity contribution in [3.05, 3.63) is 38.9 Å². The number of ether oxygens (including phenoxy) is 1. The summed E-state index contributed by atoms with van der Waals surface area (Å²) in [5.41, 5.74) is -0.475. The molecular formula is C19H26ClN3O5. The average molecular weight is 412 g/mol. The predicted octanol–water partition coefficient (Wildman–Crippen LogP) is 3.97. The van der Waals surface area contributed by atoms with Crippen molar-refractivity contribution >= 4 is 29.3 Å². The molecule has 154 valence electrons. The summed E-state index contributed by atoms with van der Waals surface area (Å²) in [6.07, 6.45) is 1.31. The third kappa shape index (κ3) is 5.82. The zero-order valence-corrected chi connectivity index (χ0v) is 17.4. The van der Waals surface area contributed by atoms with Crippen molar-refractivity contribution in [1.82, 2.24) is 9.80 Å². The number of hydrogen-bond donors (Lipinski definition) is 0. The molecule has 0 saturated carbocycles. The Labute approximate surface area is 169 Å². The van der Waals surface area contributed by atoms with E-state index in [1.54, 1.807) is 11.9 Å². The van der Waals surface area contributed by atoms with Crippen LogP contribution in [0.4, 0.5) is 10.5 Å². The highest BCUT2D eigenvalue weighted by Gasteiger charge is 2.29. The molecule has 1 saturated heterocycles. The summed E-state index contributed by atoms with van der Waals surface area (Å²) in [6, 6.07) is 3.85. The molecule has 0 spiro atoms. The van der Waals surface area contributed by atoms with E-state index in [0.717, 1.165) is 12.8 Å². The molecule has 28 heavy (non-hydrogen) atoms. The summed E-state index contributed by atoms with van der Waals surface area (Å²) >= 11 is 6.09.